The zero-order chi connectivity index (χ0) is 11.9. The molecule has 0 radical (unpaired) electrons. The van der Waals surface area contributed by atoms with Crippen LogP contribution in [0.15, 0.2) is 18.2 Å². The molecule has 86 valence electrons. The molecule has 16 heavy (non-hydrogen) atoms. The topological polar surface area (TPSA) is 17.1 Å². The predicted molar refractivity (Wildman–Crippen MR) is 53.4 cm³/mol. The third-order valence-electron chi connectivity index (χ3n) is 2.78. The van der Waals surface area contributed by atoms with E-state index in [0.29, 0.717) is 5.56 Å². The number of Topliss-reactive ketones (excluding diaryl/α,β-unsaturated/α-hetero) is 1. The van der Waals surface area contributed by atoms with Gasteiger partial charge < -0.3 is 0 Å². The second kappa shape index (κ2) is 3.61. The van der Waals surface area contributed by atoms with E-state index in [1.54, 1.807) is 0 Å². The summed E-state index contributed by atoms with van der Waals surface area (Å²) < 4.78 is 38.3. The number of carbonyl (C=O) groups excluding carboxylic acids is 1. The maximum absolute atomic E-state index is 12.8. The first-order valence-corrected chi connectivity index (χ1v) is 5.11. The van der Waals surface area contributed by atoms with Gasteiger partial charge >= 0.3 is 6.18 Å². The summed E-state index contributed by atoms with van der Waals surface area (Å²) in [7, 11) is 0. The summed E-state index contributed by atoms with van der Waals surface area (Å²) in [4.78, 5) is 11.1. The molecule has 2 rings (SSSR count). The van der Waals surface area contributed by atoms with E-state index >= 15 is 0 Å². The first-order valence-electron chi connectivity index (χ1n) is 5.11. The van der Waals surface area contributed by atoms with Crippen LogP contribution in [-0.2, 0) is 6.18 Å². The summed E-state index contributed by atoms with van der Waals surface area (Å²) in [6.45, 7) is 1.27. The van der Waals surface area contributed by atoms with Gasteiger partial charge in [0.25, 0.3) is 0 Å². The van der Waals surface area contributed by atoms with Crippen molar-refractivity contribution in [3.05, 3.63) is 34.9 Å². The fourth-order valence-corrected chi connectivity index (χ4v) is 1.77. The van der Waals surface area contributed by atoms with E-state index in [4.69, 9.17) is 0 Å². The van der Waals surface area contributed by atoms with E-state index in [0.717, 1.165) is 18.9 Å². The molecule has 0 spiro atoms. The molecular weight excluding hydrogens is 217 g/mol. The maximum Gasteiger partial charge on any atom is 0.416 e. The van der Waals surface area contributed by atoms with Gasteiger partial charge in [-0.25, -0.2) is 0 Å². The fraction of sp³-hybridized carbons (Fsp3) is 0.417. The third-order valence-corrected chi connectivity index (χ3v) is 2.78. The quantitative estimate of drug-likeness (QED) is 0.704. The number of halogens is 3. The van der Waals surface area contributed by atoms with Crippen molar-refractivity contribution < 1.29 is 18.0 Å². The van der Waals surface area contributed by atoms with E-state index in [2.05, 4.69) is 0 Å². The van der Waals surface area contributed by atoms with Crippen LogP contribution in [0.2, 0.25) is 0 Å². The highest BCUT2D eigenvalue weighted by Gasteiger charge is 2.38. The molecule has 0 atom stereocenters. The van der Waals surface area contributed by atoms with Crippen LogP contribution in [0.5, 0.6) is 0 Å². The summed E-state index contributed by atoms with van der Waals surface area (Å²) in [6, 6.07) is 3.89. The van der Waals surface area contributed by atoms with Crippen molar-refractivity contribution in [2.24, 2.45) is 0 Å². The first-order chi connectivity index (χ1) is 7.39. The van der Waals surface area contributed by atoms with Crippen molar-refractivity contribution >= 4 is 5.78 Å². The van der Waals surface area contributed by atoms with Crippen LogP contribution >= 0.6 is 0 Å². The lowest BCUT2D eigenvalue weighted by Gasteiger charge is -2.13. The average molecular weight is 228 g/mol. The van der Waals surface area contributed by atoms with Crippen LogP contribution in [0.3, 0.4) is 0 Å². The average Bonchev–Trinajstić information content (AvgIpc) is 2.98. The molecule has 1 saturated carbocycles. The number of benzene rings is 1. The van der Waals surface area contributed by atoms with Crippen LogP contribution in [-0.4, -0.2) is 5.78 Å². The Hall–Kier alpha value is -1.32. The minimum absolute atomic E-state index is 0.0256. The Labute approximate surface area is 91.3 Å². The maximum atomic E-state index is 12.8. The smallest absolute Gasteiger partial charge is 0.295 e. The highest BCUT2D eigenvalue weighted by Crippen LogP contribution is 2.46. The number of hydrogen-bond donors (Lipinski definition) is 0. The number of rotatable bonds is 2. The van der Waals surface area contributed by atoms with Gasteiger partial charge in [0.1, 0.15) is 0 Å². The van der Waals surface area contributed by atoms with E-state index in [9.17, 15) is 18.0 Å². The second-order valence-electron chi connectivity index (χ2n) is 4.13. The van der Waals surface area contributed by atoms with Gasteiger partial charge in [-0.15, -0.1) is 0 Å². The van der Waals surface area contributed by atoms with E-state index in [-0.39, 0.29) is 17.3 Å². The molecule has 0 N–H and O–H groups in total. The second-order valence-corrected chi connectivity index (χ2v) is 4.13. The van der Waals surface area contributed by atoms with Crippen molar-refractivity contribution in [1.82, 2.24) is 0 Å². The minimum Gasteiger partial charge on any atom is -0.295 e. The van der Waals surface area contributed by atoms with Gasteiger partial charge in [0, 0.05) is 5.56 Å². The van der Waals surface area contributed by atoms with Gasteiger partial charge in [-0.1, -0.05) is 12.1 Å². The highest BCUT2D eigenvalue weighted by molar-refractivity contribution is 5.94. The number of hydrogen-bond acceptors (Lipinski definition) is 1. The van der Waals surface area contributed by atoms with Gasteiger partial charge in [0.15, 0.2) is 5.78 Å². The standard InChI is InChI=1S/C12H11F3O/c1-7(16)9-4-5-10(8-2-3-8)11(6-9)12(13,14)15/h4-6,8H,2-3H2,1H3. The lowest BCUT2D eigenvalue weighted by Crippen LogP contribution is -2.10. The first kappa shape index (κ1) is 11.2. The van der Waals surface area contributed by atoms with Gasteiger partial charge in [0.2, 0.25) is 0 Å². The molecule has 1 fully saturated rings. The molecule has 0 saturated heterocycles. The molecule has 0 heterocycles. The Morgan fingerprint density at radius 1 is 1.31 bits per heavy atom. The number of alkyl halides is 3. The van der Waals surface area contributed by atoms with Crippen molar-refractivity contribution in [3.63, 3.8) is 0 Å². The summed E-state index contributed by atoms with van der Waals surface area (Å²) in [6.07, 6.45) is -2.76. The summed E-state index contributed by atoms with van der Waals surface area (Å²) in [5.74, 6) is -0.314. The summed E-state index contributed by atoms with van der Waals surface area (Å²) in [5.41, 5.74) is -0.197. The lowest BCUT2D eigenvalue weighted by atomic mass is 9.98. The molecule has 1 nitrogen and oxygen atoms in total. The molecule has 0 bridgehead atoms. The van der Waals surface area contributed by atoms with Crippen molar-refractivity contribution in [2.75, 3.05) is 0 Å². The molecule has 1 aliphatic rings. The van der Waals surface area contributed by atoms with Gasteiger partial charge in [-0.2, -0.15) is 13.2 Å². The third kappa shape index (κ3) is 2.10. The molecule has 0 aromatic heterocycles. The predicted octanol–water partition coefficient (Wildman–Crippen LogP) is 3.79. The fourth-order valence-electron chi connectivity index (χ4n) is 1.77. The van der Waals surface area contributed by atoms with Crippen LogP contribution in [0.4, 0.5) is 13.2 Å². The molecule has 1 aromatic rings. The van der Waals surface area contributed by atoms with Crippen molar-refractivity contribution in [1.29, 1.82) is 0 Å². The largest absolute Gasteiger partial charge is 0.416 e. The van der Waals surface area contributed by atoms with E-state index in [1.165, 1.54) is 19.1 Å². The Bertz CT molecular complexity index is 430. The van der Waals surface area contributed by atoms with Crippen molar-refractivity contribution in [3.8, 4) is 0 Å². The van der Waals surface area contributed by atoms with Gasteiger partial charge in [0.05, 0.1) is 5.56 Å². The lowest BCUT2D eigenvalue weighted by molar-refractivity contribution is -0.138. The van der Waals surface area contributed by atoms with E-state index < -0.39 is 11.7 Å². The van der Waals surface area contributed by atoms with E-state index in [1.807, 2.05) is 0 Å². The summed E-state index contributed by atoms with van der Waals surface area (Å²) in [5, 5.41) is 0. The van der Waals surface area contributed by atoms with Gasteiger partial charge in [-0.05, 0) is 37.3 Å². The van der Waals surface area contributed by atoms with Crippen molar-refractivity contribution in [2.45, 2.75) is 31.9 Å². The molecule has 4 heteroatoms. The molecule has 0 aliphatic heterocycles. The number of ketones is 1. The highest BCUT2D eigenvalue weighted by atomic mass is 19.4. The Morgan fingerprint density at radius 3 is 2.38 bits per heavy atom. The van der Waals surface area contributed by atoms with Crippen LogP contribution in [0.1, 0.15) is 47.2 Å². The Kier molecular flexibility index (Phi) is 2.52. The Morgan fingerprint density at radius 2 is 1.94 bits per heavy atom. The molecule has 1 aromatic carbocycles. The molecule has 0 unspecified atom stereocenters. The molecular formula is C12H11F3O. The van der Waals surface area contributed by atoms with Crippen LogP contribution in [0, 0.1) is 0 Å². The minimum atomic E-state index is -4.37. The zero-order valence-corrected chi connectivity index (χ0v) is 8.77. The van der Waals surface area contributed by atoms with Gasteiger partial charge in [-0.3, -0.25) is 4.79 Å². The monoisotopic (exact) mass is 228 g/mol. The SMILES string of the molecule is CC(=O)c1ccc(C2CC2)c(C(F)(F)F)c1. The normalized spacial score (nSPS) is 16.2. The molecule has 1 aliphatic carbocycles. The van der Waals surface area contributed by atoms with Crippen LogP contribution < -0.4 is 0 Å². The summed E-state index contributed by atoms with van der Waals surface area (Å²) >= 11 is 0. The molecule has 0 amide bonds. The zero-order valence-electron chi connectivity index (χ0n) is 8.77. The Balaban J connectivity index is 2.51. The van der Waals surface area contributed by atoms with Crippen LogP contribution in [0.25, 0.3) is 0 Å². The number of carbonyl (C=O) groups is 1.